The molecule has 1 aliphatic heterocycles. The van der Waals surface area contributed by atoms with Gasteiger partial charge in [-0.3, -0.25) is 0 Å². The Morgan fingerprint density at radius 3 is 2.80 bits per heavy atom. The predicted octanol–water partition coefficient (Wildman–Crippen LogP) is 5.67. The molecule has 1 saturated heterocycles. The number of hydrogen-bond acceptors (Lipinski definition) is 10. The first-order valence-electron chi connectivity index (χ1n) is 13.9. The molecule has 0 spiro atoms. The molecule has 1 aliphatic carbocycles. The van der Waals surface area contributed by atoms with Crippen LogP contribution in [0.1, 0.15) is 66.8 Å². The molecule has 4 heterocycles. The second-order valence-electron chi connectivity index (χ2n) is 11.5. The van der Waals surface area contributed by atoms with Crippen molar-refractivity contribution >= 4 is 46.3 Å². The Morgan fingerprint density at radius 1 is 1.22 bits per heavy atom. The zero-order valence-corrected chi connectivity index (χ0v) is 25.9. The van der Waals surface area contributed by atoms with E-state index in [4.69, 9.17) is 14.1 Å². The molecule has 41 heavy (non-hydrogen) atoms. The minimum Gasteiger partial charge on any atom is -0.444 e. The van der Waals surface area contributed by atoms with Crippen LogP contribution in [0.4, 0.5) is 15.7 Å². The number of carbonyl (C=O) groups excluding carboxylic acids is 1. The van der Waals surface area contributed by atoms with Gasteiger partial charge in [0.25, 0.3) is 0 Å². The molecule has 216 valence electrons. The molecule has 3 aromatic heterocycles. The molecule has 1 amide bonds. The van der Waals surface area contributed by atoms with Crippen molar-refractivity contribution < 1.29 is 9.53 Å². The number of aliphatic imine (C=N–C) groups is 1. The second-order valence-corrected chi connectivity index (χ2v) is 13.5. The van der Waals surface area contributed by atoms with Gasteiger partial charge in [-0.2, -0.15) is 9.64 Å². The highest BCUT2D eigenvalue weighted by molar-refractivity contribution is 7.16. The van der Waals surface area contributed by atoms with Gasteiger partial charge < -0.3 is 19.4 Å². The van der Waals surface area contributed by atoms with Crippen molar-refractivity contribution in [3.8, 4) is 17.5 Å². The molecule has 0 unspecified atom stereocenters. The molecule has 12 heteroatoms. The van der Waals surface area contributed by atoms with Gasteiger partial charge in [-0.1, -0.05) is 0 Å². The lowest BCUT2D eigenvalue weighted by atomic mass is 9.84. The van der Waals surface area contributed by atoms with Crippen LogP contribution in [0.2, 0.25) is 0 Å². The minimum absolute atomic E-state index is 0.130. The van der Waals surface area contributed by atoms with Gasteiger partial charge in [0.2, 0.25) is 5.95 Å². The lowest BCUT2D eigenvalue weighted by Crippen LogP contribution is -2.39. The lowest BCUT2D eigenvalue weighted by molar-refractivity contribution is 0.0263. The Bertz CT molecular complexity index is 1470. The van der Waals surface area contributed by atoms with Crippen molar-refractivity contribution in [1.29, 1.82) is 5.26 Å². The number of thiophene rings is 1. The summed E-state index contributed by atoms with van der Waals surface area (Å²) in [6.45, 7) is 8.22. The molecule has 0 bridgehead atoms. The first-order valence-corrected chi connectivity index (χ1v) is 15.5. The summed E-state index contributed by atoms with van der Waals surface area (Å²) >= 11 is 3.11. The monoisotopic (exact) mass is 592 g/mol. The summed E-state index contributed by atoms with van der Waals surface area (Å²) in [7, 11) is 3.85. The fourth-order valence-corrected chi connectivity index (χ4v) is 7.21. The van der Waals surface area contributed by atoms with E-state index in [0.717, 1.165) is 59.1 Å². The van der Waals surface area contributed by atoms with E-state index in [2.05, 4.69) is 27.0 Å². The Kier molecular flexibility index (Phi) is 8.56. The van der Waals surface area contributed by atoms with Gasteiger partial charge >= 0.3 is 6.09 Å². The summed E-state index contributed by atoms with van der Waals surface area (Å²) < 4.78 is 10.3. The molecule has 1 atom stereocenters. The fraction of sp³-hybridized carbons (Fsp3) is 0.517. The number of hydrogen-bond donors (Lipinski definition) is 0. The van der Waals surface area contributed by atoms with Crippen molar-refractivity contribution in [2.45, 2.75) is 58.0 Å². The Hall–Kier alpha value is -3.56. The largest absolute Gasteiger partial charge is 0.444 e. The zero-order chi connectivity index (χ0) is 29.1. The van der Waals surface area contributed by atoms with Gasteiger partial charge in [0.05, 0.1) is 17.6 Å². The topological polar surface area (TPSA) is 111 Å². The summed E-state index contributed by atoms with van der Waals surface area (Å²) in [6, 6.07) is 6.44. The van der Waals surface area contributed by atoms with Crippen LogP contribution in [0.3, 0.4) is 0 Å². The number of aromatic nitrogens is 3. The number of carbonyl (C=O) groups is 1. The number of fused-ring (bicyclic) bond motifs is 1. The maximum Gasteiger partial charge on any atom is 0.410 e. The molecule has 10 nitrogen and oxygen atoms in total. The smallest absolute Gasteiger partial charge is 0.410 e. The summed E-state index contributed by atoms with van der Waals surface area (Å²) in [5.74, 6) is 0.765. The van der Waals surface area contributed by atoms with E-state index in [1.165, 1.54) is 16.4 Å². The number of nitriles is 1. The maximum atomic E-state index is 12.6. The van der Waals surface area contributed by atoms with Crippen LogP contribution < -0.4 is 4.90 Å². The quantitative estimate of drug-likeness (QED) is 0.275. The van der Waals surface area contributed by atoms with Crippen LogP contribution >= 0.6 is 22.9 Å². The van der Waals surface area contributed by atoms with Gasteiger partial charge in [-0.15, -0.1) is 11.3 Å². The van der Waals surface area contributed by atoms with E-state index in [9.17, 15) is 10.1 Å². The highest BCUT2D eigenvalue weighted by Gasteiger charge is 2.31. The van der Waals surface area contributed by atoms with Gasteiger partial charge in [0, 0.05) is 62.1 Å². The fourth-order valence-electron chi connectivity index (χ4n) is 5.14. The highest BCUT2D eigenvalue weighted by Crippen LogP contribution is 2.48. The van der Waals surface area contributed by atoms with Crippen LogP contribution in [0.5, 0.6) is 0 Å². The maximum absolute atomic E-state index is 12.6. The van der Waals surface area contributed by atoms with Crippen LogP contribution in [-0.4, -0.2) is 82.4 Å². The number of nitrogens with zero attached hydrogens (tertiary/aromatic N) is 8. The van der Waals surface area contributed by atoms with E-state index in [0.29, 0.717) is 31.1 Å². The molecular formula is C29H36N8O2S2. The third kappa shape index (κ3) is 6.68. The standard InChI is InChI=1S/C29H36N8O2S2/c1-29(2,3)39-28(38)37-13-7-12-36(14-15-37)27-31-11-10-21(33-27)22-16-24(41-34-22)19-8-6-9-23-25(19)20(17-30)26(40-23)32-18-35(4)5/h10-11,16,18-19H,6-9,12-15H2,1-5H3/b32-18+/t19-/m1/s1. The third-order valence-corrected chi connectivity index (χ3v) is 9.05. The lowest BCUT2D eigenvalue weighted by Gasteiger charge is -2.26. The van der Waals surface area contributed by atoms with Crippen LogP contribution in [0, 0.1) is 11.3 Å². The molecule has 0 N–H and O–H groups in total. The second kappa shape index (κ2) is 12.1. The van der Waals surface area contributed by atoms with E-state index < -0.39 is 5.60 Å². The first-order chi connectivity index (χ1) is 19.6. The van der Waals surface area contributed by atoms with E-state index in [-0.39, 0.29) is 12.0 Å². The molecule has 5 rings (SSSR count). The van der Waals surface area contributed by atoms with E-state index in [1.807, 2.05) is 45.8 Å². The van der Waals surface area contributed by atoms with E-state index in [1.54, 1.807) is 28.8 Å². The summed E-state index contributed by atoms with van der Waals surface area (Å²) in [4.78, 5) is 34.7. The average Bonchev–Trinajstić information content (AvgIpc) is 3.48. The van der Waals surface area contributed by atoms with Crippen molar-refractivity contribution in [3.63, 3.8) is 0 Å². The molecule has 0 saturated carbocycles. The van der Waals surface area contributed by atoms with E-state index >= 15 is 0 Å². The van der Waals surface area contributed by atoms with Crippen molar-refractivity contribution in [3.05, 3.63) is 39.2 Å². The number of ether oxygens (including phenoxy) is 1. The predicted molar refractivity (Wildman–Crippen MR) is 163 cm³/mol. The third-order valence-electron chi connectivity index (χ3n) is 6.97. The molecular weight excluding hydrogens is 557 g/mol. The Morgan fingerprint density at radius 2 is 2.05 bits per heavy atom. The minimum atomic E-state index is -0.520. The van der Waals surface area contributed by atoms with Crippen molar-refractivity contribution in [2.75, 3.05) is 45.2 Å². The average molecular weight is 593 g/mol. The van der Waals surface area contributed by atoms with Gasteiger partial charge in [0.15, 0.2) is 0 Å². The van der Waals surface area contributed by atoms with Crippen LogP contribution in [0.15, 0.2) is 23.3 Å². The Balaban J connectivity index is 1.34. The summed E-state index contributed by atoms with van der Waals surface area (Å²) in [5.41, 5.74) is 2.86. The zero-order valence-electron chi connectivity index (χ0n) is 24.3. The first kappa shape index (κ1) is 29.0. The molecule has 1 fully saturated rings. The summed E-state index contributed by atoms with van der Waals surface area (Å²) in [6.07, 6.45) is 7.08. The SMILES string of the molecule is CN(C)/C=N/c1sc2c(c1C#N)[C@@H](c1cc(-c3ccnc(N4CCCN(C(=O)OC(C)(C)C)CC4)n3)ns1)CCC2. The summed E-state index contributed by atoms with van der Waals surface area (Å²) in [5, 5.41) is 10.8. The Labute approximate surface area is 249 Å². The molecule has 3 aromatic rings. The molecule has 0 radical (unpaired) electrons. The van der Waals surface area contributed by atoms with Crippen molar-refractivity contribution in [1.82, 2.24) is 24.1 Å². The van der Waals surface area contributed by atoms with Gasteiger partial charge in [-0.25, -0.2) is 19.8 Å². The van der Waals surface area contributed by atoms with Gasteiger partial charge in [0.1, 0.15) is 22.4 Å². The number of anilines is 1. The molecule has 2 aliphatic rings. The van der Waals surface area contributed by atoms with Crippen LogP contribution in [0.25, 0.3) is 11.4 Å². The van der Waals surface area contributed by atoms with Crippen molar-refractivity contribution in [2.24, 2.45) is 4.99 Å². The normalized spacial score (nSPS) is 17.7. The van der Waals surface area contributed by atoms with Gasteiger partial charge in [-0.05, 0) is 75.7 Å². The van der Waals surface area contributed by atoms with Crippen LogP contribution in [-0.2, 0) is 11.2 Å². The number of rotatable bonds is 5. The number of aryl methyl sites for hydroxylation is 1. The molecule has 0 aromatic carbocycles. The highest BCUT2D eigenvalue weighted by atomic mass is 32.1. The number of amides is 1.